The largest absolute Gasteiger partial charge is 0.480 e. The van der Waals surface area contributed by atoms with E-state index in [9.17, 15) is 19.5 Å². The lowest BCUT2D eigenvalue weighted by Crippen LogP contribution is -2.53. The number of hydrogen-bond donors (Lipinski definition) is 2. The fourth-order valence-corrected chi connectivity index (χ4v) is 5.51. The molecule has 0 bridgehead atoms. The van der Waals surface area contributed by atoms with E-state index in [1.54, 1.807) is 0 Å². The maximum absolute atomic E-state index is 13.1. The zero-order chi connectivity index (χ0) is 23.8. The van der Waals surface area contributed by atoms with Crippen LogP contribution in [0.15, 0.2) is 48.5 Å². The third-order valence-electron chi connectivity index (χ3n) is 7.22. The average molecular weight is 465 g/mol. The molecule has 2 heterocycles. The van der Waals surface area contributed by atoms with E-state index in [1.165, 1.54) is 4.90 Å². The van der Waals surface area contributed by atoms with E-state index in [0.29, 0.717) is 26.0 Å². The zero-order valence-corrected chi connectivity index (χ0v) is 19.0. The number of nitrogens with one attached hydrogen (secondary N) is 1. The topological polar surface area (TPSA) is 105 Å². The van der Waals surface area contributed by atoms with Gasteiger partial charge in [0.25, 0.3) is 5.91 Å². The number of fused-ring (bicyclic) bond motifs is 3. The van der Waals surface area contributed by atoms with Crippen LogP contribution in [-0.2, 0) is 19.1 Å². The van der Waals surface area contributed by atoms with Crippen molar-refractivity contribution in [2.24, 2.45) is 5.92 Å². The average Bonchev–Trinajstić information content (AvgIpc) is 3.53. The van der Waals surface area contributed by atoms with Gasteiger partial charge in [-0.1, -0.05) is 55.5 Å². The number of rotatable bonds is 5. The minimum Gasteiger partial charge on any atom is -0.480 e. The van der Waals surface area contributed by atoms with E-state index in [2.05, 4.69) is 29.6 Å². The quantitative estimate of drug-likeness (QED) is 0.705. The van der Waals surface area contributed by atoms with E-state index in [1.807, 2.05) is 31.2 Å². The molecule has 178 valence electrons. The molecule has 2 unspecified atom stereocenters. The Bertz CT molecular complexity index is 1070. The molecule has 0 radical (unpaired) electrons. The Morgan fingerprint density at radius 3 is 2.35 bits per heavy atom. The second-order valence-electron chi connectivity index (χ2n) is 9.24. The lowest BCUT2D eigenvalue weighted by molar-refractivity contribution is -0.153. The number of carboxylic acids is 1. The van der Waals surface area contributed by atoms with Crippen LogP contribution in [0.2, 0.25) is 0 Å². The first-order chi connectivity index (χ1) is 16.5. The number of amides is 2. The number of carboxylic acid groups (broad SMARTS) is 1. The molecule has 0 spiro atoms. The van der Waals surface area contributed by atoms with Gasteiger partial charge in [0.2, 0.25) is 0 Å². The first-order valence-corrected chi connectivity index (χ1v) is 11.7. The van der Waals surface area contributed by atoms with Crippen LogP contribution < -0.4 is 5.32 Å². The predicted molar refractivity (Wildman–Crippen MR) is 123 cm³/mol. The standard InChI is InChI=1S/C26H28N2O6/c1-15-10-12-28(22(15)25(30)31)24(29)23-21(11-13-33-23)27-26(32)34-14-20-18-8-4-2-6-16(18)17-7-3-5-9-19(17)20/h2-9,15,20-23H,10-14H2,1H3,(H,27,32)(H,30,31)/t15?,21-,22?,23+/m0/s1. The van der Waals surface area contributed by atoms with Gasteiger partial charge in [-0.05, 0) is 41.0 Å². The summed E-state index contributed by atoms with van der Waals surface area (Å²) in [5.41, 5.74) is 4.54. The highest BCUT2D eigenvalue weighted by molar-refractivity contribution is 5.88. The second-order valence-corrected chi connectivity index (χ2v) is 9.24. The van der Waals surface area contributed by atoms with Crippen LogP contribution in [0.25, 0.3) is 11.1 Å². The molecule has 0 saturated carbocycles. The van der Waals surface area contributed by atoms with Gasteiger partial charge < -0.3 is 24.8 Å². The highest BCUT2D eigenvalue weighted by atomic mass is 16.6. The number of likely N-dealkylation sites (tertiary alicyclic amines) is 1. The van der Waals surface area contributed by atoms with E-state index in [-0.39, 0.29) is 18.4 Å². The van der Waals surface area contributed by atoms with Crippen molar-refractivity contribution in [2.75, 3.05) is 19.8 Å². The molecule has 2 aliphatic heterocycles. The predicted octanol–water partition coefficient (Wildman–Crippen LogP) is 3.00. The molecule has 2 N–H and O–H groups in total. The van der Waals surface area contributed by atoms with Gasteiger partial charge in [0.05, 0.1) is 6.04 Å². The molecule has 2 aromatic carbocycles. The van der Waals surface area contributed by atoms with E-state index >= 15 is 0 Å². The van der Waals surface area contributed by atoms with Crippen molar-refractivity contribution < 1.29 is 29.0 Å². The minimum absolute atomic E-state index is 0.0576. The van der Waals surface area contributed by atoms with Crippen molar-refractivity contribution in [3.05, 3.63) is 59.7 Å². The number of aliphatic carboxylic acids is 1. The Kier molecular flexibility index (Phi) is 6.00. The molecule has 2 amide bonds. The van der Waals surface area contributed by atoms with Gasteiger partial charge in [0.15, 0.2) is 6.10 Å². The number of ether oxygens (including phenoxy) is 2. The van der Waals surface area contributed by atoms with Gasteiger partial charge in [-0.3, -0.25) is 4.79 Å². The van der Waals surface area contributed by atoms with Crippen LogP contribution in [0.4, 0.5) is 4.79 Å². The Morgan fingerprint density at radius 1 is 1.06 bits per heavy atom. The van der Waals surface area contributed by atoms with Crippen molar-refractivity contribution in [3.8, 4) is 11.1 Å². The Morgan fingerprint density at radius 2 is 1.71 bits per heavy atom. The van der Waals surface area contributed by atoms with Gasteiger partial charge in [-0.15, -0.1) is 0 Å². The number of hydrogen-bond acceptors (Lipinski definition) is 5. The highest BCUT2D eigenvalue weighted by Crippen LogP contribution is 2.44. The number of carbonyl (C=O) groups is 3. The van der Waals surface area contributed by atoms with Crippen LogP contribution >= 0.6 is 0 Å². The molecule has 8 heteroatoms. The molecular formula is C26H28N2O6. The van der Waals surface area contributed by atoms with Crippen molar-refractivity contribution in [1.82, 2.24) is 10.2 Å². The summed E-state index contributed by atoms with van der Waals surface area (Å²) < 4.78 is 11.2. The van der Waals surface area contributed by atoms with Crippen LogP contribution in [0.3, 0.4) is 0 Å². The summed E-state index contributed by atoms with van der Waals surface area (Å²) in [5, 5.41) is 12.3. The van der Waals surface area contributed by atoms with Crippen LogP contribution in [0, 0.1) is 5.92 Å². The van der Waals surface area contributed by atoms with Crippen molar-refractivity contribution in [3.63, 3.8) is 0 Å². The monoisotopic (exact) mass is 464 g/mol. The maximum Gasteiger partial charge on any atom is 0.407 e. The highest BCUT2D eigenvalue weighted by Gasteiger charge is 2.45. The van der Waals surface area contributed by atoms with Crippen molar-refractivity contribution in [2.45, 2.75) is 43.9 Å². The van der Waals surface area contributed by atoms with Gasteiger partial charge in [-0.2, -0.15) is 0 Å². The number of benzene rings is 2. The Labute approximate surface area is 197 Å². The van der Waals surface area contributed by atoms with E-state index < -0.39 is 36.2 Å². The number of carbonyl (C=O) groups excluding carboxylic acids is 2. The molecule has 34 heavy (non-hydrogen) atoms. The summed E-state index contributed by atoms with van der Waals surface area (Å²) in [7, 11) is 0. The number of nitrogens with zero attached hydrogens (tertiary/aromatic N) is 1. The van der Waals surface area contributed by atoms with Gasteiger partial charge in [-0.25, -0.2) is 9.59 Å². The van der Waals surface area contributed by atoms with Crippen molar-refractivity contribution >= 4 is 18.0 Å². The summed E-state index contributed by atoms with van der Waals surface area (Å²) in [5.74, 6) is -1.59. The maximum atomic E-state index is 13.1. The smallest absolute Gasteiger partial charge is 0.407 e. The SMILES string of the molecule is CC1CCN(C(=O)[C@@H]2OCC[C@@H]2NC(=O)OCC2c3ccccc3-c3ccccc32)C1C(=O)O. The lowest BCUT2D eigenvalue weighted by atomic mass is 9.98. The first kappa shape index (κ1) is 22.4. The second kappa shape index (κ2) is 9.10. The molecule has 1 aliphatic carbocycles. The lowest BCUT2D eigenvalue weighted by Gasteiger charge is -2.28. The van der Waals surface area contributed by atoms with Crippen LogP contribution in [0.1, 0.15) is 36.8 Å². The summed E-state index contributed by atoms with van der Waals surface area (Å²) in [4.78, 5) is 38.8. The molecule has 2 aromatic rings. The molecule has 3 aliphatic rings. The first-order valence-electron chi connectivity index (χ1n) is 11.7. The van der Waals surface area contributed by atoms with Gasteiger partial charge in [0.1, 0.15) is 12.6 Å². The third kappa shape index (κ3) is 3.92. The Balaban J connectivity index is 1.23. The minimum atomic E-state index is -1.02. The van der Waals surface area contributed by atoms with Crippen LogP contribution in [-0.4, -0.2) is 65.9 Å². The normalized spacial score (nSPS) is 25.6. The number of alkyl carbamates (subject to hydrolysis) is 1. The van der Waals surface area contributed by atoms with Crippen molar-refractivity contribution in [1.29, 1.82) is 0 Å². The molecule has 5 rings (SSSR count). The molecule has 0 aromatic heterocycles. The van der Waals surface area contributed by atoms with Gasteiger partial charge in [0, 0.05) is 19.1 Å². The summed E-state index contributed by atoms with van der Waals surface area (Å²) >= 11 is 0. The fourth-order valence-electron chi connectivity index (χ4n) is 5.51. The van der Waals surface area contributed by atoms with E-state index in [0.717, 1.165) is 22.3 Å². The third-order valence-corrected chi connectivity index (χ3v) is 7.22. The van der Waals surface area contributed by atoms with E-state index in [4.69, 9.17) is 9.47 Å². The summed E-state index contributed by atoms with van der Waals surface area (Å²) in [6, 6.07) is 14.8. The molecule has 2 fully saturated rings. The molecule has 8 nitrogen and oxygen atoms in total. The van der Waals surface area contributed by atoms with Gasteiger partial charge >= 0.3 is 12.1 Å². The molecular weight excluding hydrogens is 436 g/mol. The summed E-state index contributed by atoms with van der Waals surface area (Å²) in [6.07, 6.45) is -0.436. The summed E-state index contributed by atoms with van der Waals surface area (Å²) in [6.45, 7) is 2.69. The Hall–Kier alpha value is -3.39. The fraction of sp³-hybridized carbons (Fsp3) is 0.423. The molecule has 2 saturated heterocycles. The molecule has 4 atom stereocenters. The zero-order valence-electron chi connectivity index (χ0n) is 19.0. The van der Waals surface area contributed by atoms with Crippen LogP contribution in [0.5, 0.6) is 0 Å².